The molecule has 0 atom stereocenters. The summed E-state index contributed by atoms with van der Waals surface area (Å²) in [5.74, 6) is 0.960. The summed E-state index contributed by atoms with van der Waals surface area (Å²) >= 11 is 1.58. The van der Waals surface area contributed by atoms with Crippen molar-refractivity contribution in [1.29, 1.82) is 0 Å². The Morgan fingerprint density at radius 2 is 1.71 bits per heavy atom. The summed E-state index contributed by atoms with van der Waals surface area (Å²) in [6.07, 6.45) is 8.38. The molecule has 0 aliphatic heterocycles. The van der Waals surface area contributed by atoms with Crippen molar-refractivity contribution in [3.05, 3.63) is 66.3 Å². The molecule has 219 valence electrons. The molecule has 3 aromatic heterocycles. The Labute approximate surface area is 259 Å². The molecule has 0 spiro atoms. The Morgan fingerprint density at radius 1 is 1.02 bits per heavy atom. The number of ketones is 1. The van der Waals surface area contributed by atoms with Crippen LogP contribution in [0.15, 0.2) is 54.7 Å². The Morgan fingerprint density at radius 3 is 2.37 bits per heavy atom. The molecule has 0 fully saturated rings. The van der Waals surface area contributed by atoms with Gasteiger partial charge in [0, 0.05) is 43.7 Å². The van der Waals surface area contributed by atoms with Gasteiger partial charge in [0.15, 0.2) is 5.78 Å². The largest absolute Gasteiger partial charge is 0.512 e. The molecule has 5 rings (SSSR count). The molecule has 41 heavy (non-hydrogen) atoms. The van der Waals surface area contributed by atoms with Gasteiger partial charge < -0.3 is 5.11 Å². The Balaban J connectivity index is 0.000000253. The molecule has 9 heteroatoms. The summed E-state index contributed by atoms with van der Waals surface area (Å²) in [4.78, 5) is 12.6. The smallest absolute Gasteiger partial charge is 0.216 e. The topological polar surface area (TPSA) is 93.3 Å². The number of thiazole rings is 1. The van der Waals surface area contributed by atoms with Crippen molar-refractivity contribution < 1.29 is 30.0 Å². The van der Waals surface area contributed by atoms with Crippen molar-refractivity contribution in [2.45, 2.75) is 73.1 Å². The van der Waals surface area contributed by atoms with E-state index < -0.39 is 0 Å². The van der Waals surface area contributed by atoms with Gasteiger partial charge in [0.1, 0.15) is 6.33 Å². The van der Waals surface area contributed by atoms with Gasteiger partial charge in [-0.25, -0.2) is 0 Å². The van der Waals surface area contributed by atoms with Crippen molar-refractivity contribution in [3.8, 4) is 11.3 Å². The molecule has 0 aliphatic rings. The van der Waals surface area contributed by atoms with Crippen molar-refractivity contribution in [2.24, 2.45) is 11.8 Å². The second-order valence-electron chi connectivity index (χ2n) is 10.3. The van der Waals surface area contributed by atoms with E-state index >= 15 is 0 Å². The maximum absolute atomic E-state index is 11.7. The van der Waals surface area contributed by atoms with Gasteiger partial charge >= 0.3 is 0 Å². The molecule has 0 bridgehead atoms. The molecule has 5 aromatic rings. The number of carbonyl (C=O) groups excluding carboxylic acids is 1. The van der Waals surface area contributed by atoms with Gasteiger partial charge in [-0.2, -0.15) is 10.2 Å². The van der Waals surface area contributed by atoms with Gasteiger partial charge in [-0.15, -0.1) is 50.7 Å². The molecular formula is C32H38IrN5O2S-. The molecule has 0 unspecified atom stereocenters. The van der Waals surface area contributed by atoms with E-state index in [1.54, 1.807) is 23.9 Å². The standard InChI is InChI=1S/C19H14N5S.C13H24O2.Ir/c1-11(2)15-8-13(7-12-5-3-4-6-14(12)15)17-18-16(9-20-22-17)24-10-21-23-19(24)25-18;1-5-10(6-2)12(14)9-13(15)11(7-3)8-4;/h3-6,8-11H,1-2H3;9-11,14H,5-8H2,1-4H3;/q-1;;/b;12-9-;. The van der Waals surface area contributed by atoms with Crippen LogP contribution in [0.1, 0.15) is 78.7 Å². The molecular weight excluding hydrogens is 711 g/mol. The number of benzene rings is 2. The van der Waals surface area contributed by atoms with Crippen molar-refractivity contribution >= 4 is 43.1 Å². The number of hydrogen-bond acceptors (Lipinski definition) is 7. The second-order valence-corrected chi connectivity index (χ2v) is 11.3. The maximum Gasteiger partial charge on any atom is 0.216 e. The third kappa shape index (κ3) is 7.08. The van der Waals surface area contributed by atoms with Crippen molar-refractivity contribution in [2.75, 3.05) is 0 Å². The minimum absolute atomic E-state index is 0. The van der Waals surface area contributed by atoms with Crippen LogP contribution in [0, 0.1) is 17.9 Å². The van der Waals surface area contributed by atoms with Crippen molar-refractivity contribution in [3.63, 3.8) is 0 Å². The Bertz CT molecular complexity index is 1630. The van der Waals surface area contributed by atoms with Crippen LogP contribution in [0.25, 0.3) is 37.2 Å². The third-order valence-corrected chi connectivity index (χ3v) is 8.59. The van der Waals surface area contributed by atoms with Crippen LogP contribution in [-0.2, 0) is 24.9 Å². The van der Waals surface area contributed by atoms with Crippen molar-refractivity contribution in [1.82, 2.24) is 24.8 Å². The Hall–Kier alpha value is -3.00. The molecule has 0 amide bonds. The maximum atomic E-state index is 11.7. The fourth-order valence-electron chi connectivity index (χ4n) is 5.01. The molecule has 1 N–H and O–H groups in total. The first-order valence-corrected chi connectivity index (χ1v) is 15.0. The molecule has 3 heterocycles. The fourth-order valence-corrected chi connectivity index (χ4v) is 6.03. The number of aromatic nitrogens is 5. The molecule has 0 saturated carbocycles. The minimum atomic E-state index is 0. The van der Waals surface area contributed by atoms with E-state index in [9.17, 15) is 9.90 Å². The van der Waals surface area contributed by atoms with Crippen LogP contribution in [0.4, 0.5) is 0 Å². The van der Waals surface area contributed by atoms with Crippen LogP contribution in [0.3, 0.4) is 0 Å². The zero-order valence-electron chi connectivity index (χ0n) is 24.5. The second kappa shape index (κ2) is 14.8. The van der Waals surface area contributed by atoms with E-state index in [1.165, 1.54) is 17.0 Å². The molecule has 7 nitrogen and oxygen atoms in total. The van der Waals surface area contributed by atoms with E-state index in [1.807, 2.05) is 38.2 Å². The average Bonchev–Trinajstić information content (AvgIpc) is 3.56. The summed E-state index contributed by atoms with van der Waals surface area (Å²) in [6.45, 7) is 12.5. The first-order chi connectivity index (χ1) is 19.3. The predicted octanol–water partition coefficient (Wildman–Crippen LogP) is 8.35. The molecule has 0 aliphatic carbocycles. The zero-order valence-corrected chi connectivity index (χ0v) is 27.7. The normalized spacial score (nSPS) is 11.9. The number of aliphatic hydroxyl groups is 1. The number of hydrogen-bond donors (Lipinski definition) is 1. The van der Waals surface area contributed by atoms with E-state index in [-0.39, 0.29) is 43.5 Å². The summed E-state index contributed by atoms with van der Waals surface area (Å²) in [7, 11) is 0. The van der Waals surface area contributed by atoms with Gasteiger partial charge in [0.2, 0.25) is 4.96 Å². The monoisotopic (exact) mass is 749 g/mol. The number of carbonyl (C=O) groups is 1. The molecule has 0 saturated heterocycles. The number of rotatable bonds is 9. The summed E-state index contributed by atoms with van der Waals surface area (Å²) in [6, 6.07) is 14.1. The number of nitrogens with zero attached hydrogens (tertiary/aromatic N) is 5. The van der Waals surface area contributed by atoms with Crippen LogP contribution >= 0.6 is 11.3 Å². The zero-order chi connectivity index (χ0) is 28.8. The van der Waals surface area contributed by atoms with Gasteiger partial charge in [-0.3, -0.25) is 9.20 Å². The van der Waals surface area contributed by atoms with E-state index in [0.29, 0.717) is 5.92 Å². The fraction of sp³-hybridized carbons (Fsp3) is 0.406. The number of fused-ring (bicyclic) bond motifs is 4. The number of allylic oxidation sites excluding steroid dienone is 2. The number of aliphatic hydroxyl groups excluding tert-OH is 1. The summed E-state index contributed by atoms with van der Waals surface area (Å²) in [5, 5.41) is 28.8. The summed E-state index contributed by atoms with van der Waals surface area (Å²) in [5.41, 5.74) is 4.09. The molecule has 2 aromatic carbocycles. The van der Waals surface area contributed by atoms with E-state index in [0.717, 1.165) is 57.5 Å². The van der Waals surface area contributed by atoms with Crippen LogP contribution in [-0.4, -0.2) is 35.7 Å². The first kappa shape index (κ1) is 32.5. The van der Waals surface area contributed by atoms with Gasteiger partial charge in [-0.05, 0) is 31.6 Å². The quantitative estimate of drug-likeness (QED) is 0.0926. The minimum Gasteiger partial charge on any atom is -0.512 e. The molecule has 1 radical (unpaired) electrons. The van der Waals surface area contributed by atoms with Crippen LogP contribution in [0.5, 0.6) is 0 Å². The van der Waals surface area contributed by atoms with Gasteiger partial charge in [0.05, 0.1) is 22.2 Å². The third-order valence-electron chi connectivity index (χ3n) is 7.52. The van der Waals surface area contributed by atoms with E-state index in [4.69, 9.17) is 0 Å². The van der Waals surface area contributed by atoms with Gasteiger partial charge in [0.25, 0.3) is 0 Å². The SMILES string of the molecule is CC(C)c1cc(-c2nncc3c2sc2nncn23)[c-]c2ccccc12.CCC(CC)C(=O)/C=C(\O)C(CC)CC.[Ir]. The van der Waals surface area contributed by atoms with Crippen LogP contribution < -0.4 is 0 Å². The summed E-state index contributed by atoms with van der Waals surface area (Å²) < 4.78 is 3.00. The average molecular weight is 749 g/mol. The van der Waals surface area contributed by atoms with Crippen LogP contribution in [0.2, 0.25) is 0 Å². The Kier molecular flexibility index (Phi) is 11.7. The van der Waals surface area contributed by atoms with Gasteiger partial charge in [-0.1, -0.05) is 70.7 Å². The predicted molar refractivity (Wildman–Crippen MR) is 164 cm³/mol. The first-order valence-electron chi connectivity index (χ1n) is 14.2. The van der Waals surface area contributed by atoms with E-state index in [2.05, 4.69) is 64.6 Å².